The molecular weight excluding hydrogens is 470 g/mol. The first kappa shape index (κ1) is 25.1. The van der Waals surface area contributed by atoms with Crippen LogP contribution in [0.25, 0.3) is 5.76 Å². The van der Waals surface area contributed by atoms with Crippen LogP contribution in [-0.2, 0) is 14.3 Å². The van der Waals surface area contributed by atoms with E-state index >= 15 is 0 Å². The lowest BCUT2D eigenvalue weighted by molar-refractivity contribution is -0.384. The number of hydrogen-bond donors (Lipinski definition) is 2. The number of morpholine rings is 1. The van der Waals surface area contributed by atoms with Crippen LogP contribution in [0.15, 0.2) is 48.0 Å². The summed E-state index contributed by atoms with van der Waals surface area (Å²) < 4.78 is 10.4. The van der Waals surface area contributed by atoms with Crippen LogP contribution in [0.2, 0.25) is 0 Å². The quantitative estimate of drug-likeness (QED) is 0.185. The van der Waals surface area contributed by atoms with Crippen LogP contribution in [0.4, 0.5) is 5.69 Å². The van der Waals surface area contributed by atoms with Gasteiger partial charge in [-0.3, -0.25) is 24.6 Å². The molecule has 1 atom stereocenters. The number of amides is 1. The number of ketones is 1. The van der Waals surface area contributed by atoms with Gasteiger partial charge in [-0.05, 0) is 24.1 Å². The number of likely N-dealkylation sites (tertiary alicyclic amines) is 1. The lowest BCUT2D eigenvalue weighted by Gasteiger charge is -2.29. The lowest BCUT2D eigenvalue weighted by Crippen LogP contribution is -2.39. The Bertz CT molecular complexity index is 1210. The Hall–Kier alpha value is -3.96. The minimum atomic E-state index is -1.06. The number of hydrogen-bond acceptors (Lipinski definition) is 9. The van der Waals surface area contributed by atoms with E-state index in [1.165, 1.54) is 48.4 Å². The highest BCUT2D eigenvalue weighted by Gasteiger charge is 2.46. The molecule has 0 saturated carbocycles. The number of phenolic OH excluding ortho intramolecular Hbond substituents is 1. The van der Waals surface area contributed by atoms with E-state index in [4.69, 9.17) is 9.47 Å². The largest absolute Gasteiger partial charge is 0.507 e. The van der Waals surface area contributed by atoms with Gasteiger partial charge in [-0.25, -0.2) is 0 Å². The zero-order valence-corrected chi connectivity index (χ0v) is 19.8. The molecular formula is C25H27N3O8. The fraction of sp³-hybridized carbons (Fsp3) is 0.360. The average molecular weight is 498 g/mol. The fourth-order valence-electron chi connectivity index (χ4n) is 4.54. The molecule has 0 radical (unpaired) electrons. The van der Waals surface area contributed by atoms with Crippen LogP contribution in [0, 0.1) is 10.1 Å². The molecule has 11 nitrogen and oxygen atoms in total. The minimum Gasteiger partial charge on any atom is -0.507 e. The number of nitro benzene ring substituents is 1. The van der Waals surface area contributed by atoms with E-state index in [9.17, 15) is 29.9 Å². The molecule has 36 heavy (non-hydrogen) atoms. The summed E-state index contributed by atoms with van der Waals surface area (Å²) in [7, 11) is 1.42. The maximum atomic E-state index is 13.2. The predicted molar refractivity (Wildman–Crippen MR) is 129 cm³/mol. The van der Waals surface area contributed by atoms with Crippen molar-refractivity contribution in [2.24, 2.45) is 0 Å². The van der Waals surface area contributed by atoms with Crippen molar-refractivity contribution in [1.82, 2.24) is 9.80 Å². The number of methoxy groups -OCH3 is 1. The highest BCUT2D eigenvalue weighted by atomic mass is 16.6. The van der Waals surface area contributed by atoms with Crippen molar-refractivity contribution >= 4 is 23.1 Å². The number of nitrogens with zero attached hydrogens (tertiary/aromatic N) is 3. The van der Waals surface area contributed by atoms with Gasteiger partial charge in [-0.1, -0.05) is 12.1 Å². The first-order valence-corrected chi connectivity index (χ1v) is 11.5. The Balaban J connectivity index is 1.74. The third-order valence-corrected chi connectivity index (χ3v) is 6.37. The summed E-state index contributed by atoms with van der Waals surface area (Å²) in [5, 5.41) is 33.0. The smallest absolute Gasteiger partial charge is 0.295 e. The summed E-state index contributed by atoms with van der Waals surface area (Å²) in [5.41, 5.74) is -0.201. The highest BCUT2D eigenvalue weighted by molar-refractivity contribution is 6.46. The fourth-order valence-corrected chi connectivity index (χ4v) is 4.54. The zero-order valence-electron chi connectivity index (χ0n) is 19.8. The van der Waals surface area contributed by atoms with Gasteiger partial charge >= 0.3 is 0 Å². The number of ether oxygens (including phenoxy) is 2. The van der Waals surface area contributed by atoms with E-state index in [1.54, 1.807) is 6.07 Å². The van der Waals surface area contributed by atoms with Crippen LogP contribution in [0.5, 0.6) is 11.5 Å². The number of benzene rings is 2. The van der Waals surface area contributed by atoms with Gasteiger partial charge in [0.1, 0.15) is 17.3 Å². The van der Waals surface area contributed by atoms with E-state index in [0.29, 0.717) is 37.5 Å². The van der Waals surface area contributed by atoms with Crippen molar-refractivity contribution in [2.45, 2.75) is 12.5 Å². The number of phenols is 1. The number of Topliss-reactive ketones (excluding diaryl/α,β-unsaturated/α-hetero) is 1. The maximum Gasteiger partial charge on any atom is 0.295 e. The molecule has 0 unspecified atom stereocenters. The normalized spacial score (nSPS) is 20.0. The van der Waals surface area contributed by atoms with Crippen LogP contribution in [0.1, 0.15) is 23.6 Å². The first-order chi connectivity index (χ1) is 17.3. The number of nitro groups is 1. The molecule has 2 fully saturated rings. The van der Waals surface area contributed by atoms with Gasteiger partial charge in [0.25, 0.3) is 17.4 Å². The molecule has 4 rings (SSSR count). The SMILES string of the molecule is COc1ccc(C(O)=C2C(=O)C(=O)N(CCCN3CCOCC3)[C@H]2c2cccc([N+](=O)[O-])c2)c(O)c1. The maximum absolute atomic E-state index is 13.2. The highest BCUT2D eigenvalue weighted by Crippen LogP contribution is 2.42. The molecule has 2 N–H and O–H groups in total. The van der Waals surface area contributed by atoms with Crippen molar-refractivity contribution < 1.29 is 34.2 Å². The molecule has 190 valence electrons. The molecule has 0 aromatic heterocycles. The summed E-state index contributed by atoms with van der Waals surface area (Å²) in [6, 6.07) is 8.71. The van der Waals surface area contributed by atoms with Gasteiger partial charge in [-0.2, -0.15) is 0 Å². The Morgan fingerprint density at radius 2 is 1.92 bits per heavy atom. The summed E-state index contributed by atoms with van der Waals surface area (Å²) in [4.78, 5) is 40.6. The Morgan fingerprint density at radius 3 is 2.58 bits per heavy atom. The van der Waals surface area contributed by atoms with Crippen molar-refractivity contribution in [3.63, 3.8) is 0 Å². The van der Waals surface area contributed by atoms with E-state index in [2.05, 4.69) is 4.90 Å². The van der Waals surface area contributed by atoms with Crippen LogP contribution in [0.3, 0.4) is 0 Å². The van der Waals surface area contributed by atoms with E-state index in [1.807, 2.05) is 0 Å². The third kappa shape index (κ3) is 5.02. The van der Waals surface area contributed by atoms with E-state index in [0.717, 1.165) is 13.1 Å². The molecule has 0 bridgehead atoms. The Morgan fingerprint density at radius 1 is 1.17 bits per heavy atom. The van der Waals surface area contributed by atoms with Gasteiger partial charge in [-0.15, -0.1) is 0 Å². The molecule has 2 aliphatic heterocycles. The first-order valence-electron chi connectivity index (χ1n) is 11.5. The van der Waals surface area contributed by atoms with Crippen molar-refractivity contribution in [3.05, 3.63) is 69.3 Å². The van der Waals surface area contributed by atoms with E-state index < -0.39 is 28.4 Å². The zero-order chi connectivity index (χ0) is 25.8. The molecule has 0 aliphatic carbocycles. The van der Waals surface area contributed by atoms with Crippen LogP contribution >= 0.6 is 0 Å². The van der Waals surface area contributed by atoms with Gasteiger partial charge < -0.3 is 24.6 Å². The number of carbonyl (C=O) groups is 2. The molecule has 2 aliphatic rings. The number of non-ortho nitro benzene ring substituents is 1. The molecule has 1 amide bonds. The summed E-state index contributed by atoms with van der Waals surface area (Å²) in [6.45, 7) is 3.66. The Kier molecular flexibility index (Phi) is 7.51. The van der Waals surface area contributed by atoms with Gasteiger partial charge in [0.2, 0.25) is 0 Å². The van der Waals surface area contributed by atoms with E-state index in [-0.39, 0.29) is 29.1 Å². The van der Waals surface area contributed by atoms with Crippen molar-refractivity contribution in [3.8, 4) is 11.5 Å². The van der Waals surface area contributed by atoms with Gasteiger partial charge in [0, 0.05) is 44.4 Å². The summed E-state index contributed by atoms with van der Waals surface area (Å²) >= 11 is 0. The second-order valence-electron chi connectivity index (χ2n) is 8.54. The third-order valence-electron chi connectivity index (χ3n) is 6.37. The molecule has 0 spiro atoms. The monoisotopic (exact) mass is 497 g/mol. The van der Waals surface area contributed by atoms with Crippen LogP contribution in [-0.4, -0.2) is 83.1 Å². The minimum absolute atomic E-state index is 0.0578. The molecule has 2 heterocycles. The topological polar surface area (TPSA) is 143 Å². The van der Waals surface area contributed by atoms with Crippen molar-refractivity contribution in [2.75, 3.05) is 46.5 Å². The number of aliphatic hydroxyl groups excluding tert-OH is 1. The molecule has 11 heteroatoms. The van der Waals surface area contributed by atoms with Gasteiger partial charge in [0.15, 0.2) is 0 Å². The van der Waals surface area contributed by atoms with Crippen molar-refractivity contribution in [1.29, 1.82) is 0 Å². The number of carbonyl (C=O) groups excluding carboxylic acids is 2. The molecule has 2 saturated heterocycles. The number of aromatic hydroxyl groups is 1. The summed E-state index contributed by atoms with van der Waals surface area (Å²) in [5.74, 6) is -2.32. The number of rotatable bonds is 8. The standard InChI is InChI=1S/C25H27N3O8/c1-35-18-6-7-19(20(29)15-18)23(30)21-22(16-4-2-5-17(14-16)28(33)34)27(25(32)24(21)31)9-3-8-26-10-12-36-13-11-26/h2,4-7,14-15,22,29-30H,3,8-13H2,1H3/t22-/m0/s1. The average Bonchev–Trinajstić information content (AvgIpc) is 3.14. The second kappa shape index (κ2) is 10.8. The predicted octanol–water partition coefficient (Wildman–Crippen LogP) is 2.45. The summed E-state index contributed by atoms with van der Waals surface area (Å²) in [6.07, 6.45) is 0.548. The molecule has 2 aromatic carbocycles. The lowest BCUT2D eigenvalue weighted by atomic mass is 9.94. The van der Waals surface area contributed by atoms with Crippen LogP contribution < -0.4 is 4.74 Å². The van der Waals surface area contributed by atoms with Gasteiger partial charge in [0.05, 0.1) is 42.4 Å². The molecule has 2 aromatic rings. The Labute approximate surface area is 207 Å². The second-order valence-corrected chi connectivity index (χ2v) is 8.54. The number of aliphatic hydroxyl groups is 1.